The van der Waals surface area contributed by atoms with Crippen LogP contribution in [-0.2, 0) is 17.9 Å². The molecule has 3 heterocycles. The van der Waals surface area contributed by atoms with Crippen molar-refractivity contribution in [2.45, 2.75) is 31.6 Å². The molecule has 8 nitrogen and oxygen atoms in total. The SMILES string of the molecule is COc1cccc(CN(Cc2ccccc2)C2CC(C(=O)N3CCNCC3)N(C(=O)c3cccnc3)C2)c1. The molecule has 0 saturated carbocycles. The number of pyridine rings is 1. The van der Waals surface area contributed by atoms with Crippen molar-refractivity contribution in [2.24, 2.45) is 0 Å². The number of nitrogens with zero attached hydrogens (tertiary/aromatic N) is 4. The molecular formula is C30H35N5O3. The zero-order chi connectivity index (χ0) is 26.3. The maximum atomic E-state index is 13.8. The summed E-state index contributed by atoms with van der Waals surface area (Å²) in [5.41, 5.74) is 2.83. The third kappa shape index (κ3) is 6.03. The maximum absolute atomic E-state index is 13.8. The zero-order valence-corrected chi connectivity index (χ0v) is 21.8. The smallest absolute Gasteiger partial charge is 0.256 e. The van der Waals surface area contributed by atoms with Gasteiger partial charge in [0.15, 0.2) is 0 Å². The number of methoxy groups -OCH3 is 1. The molecule has 2 fully saturated rings. The summed E-state index contributed by atoms with van der Waals surface area (Å²) in [5, 5.41) is 3.31. The number of rotatable bonds is 8. The van der Waals surface area contributed by atoms with Crippen LogP contribution in [0.5, 0.6) is 5.75 Å². The fraction of sp³-hybridized carbons (Fsp3) is 0.367. The van der Waals surface area contributed by atoms with Gasteiger partial charge in [0.2, 0.25) is 5.91 Å². The average molecular weight is 514 g/mol. The van der Waals surface area contributed by atoms with Crippen LogP contribution in [0.3, 0.4) is 0 Å². The highest BCUT2D eigenvalue weighted by molar-refractivity contribution is 5.97. The molecule has 1 aromatic heterocycles. The molecule has 1 N–H and O–H groups in total. The topological polar surface area (TPSA) is 78.0 Å². The second-order valence-electron chi connectivity index (χ2n) is 9.92. The van der Waals surface area contributed by atoms with E-state index >= 15 is 0 Å². The van der Waals surface area contributed by atoms with Crippen LogP contribution >= 0.6 is 0 Å². The summed E-state index contributed by atoms with van der Waals surface area (Å²) in [4.78, 5) is 37.7. The van der Waals surface area contributed by atoms with Gasteiger partial charge in [-0.2, -0.15) is 0 Å². The van der Waals surface area contributed by atoms with Crippen LogP contribution < -0.4 is 10.1 Å². The molecule has 2 aliphatic heterocycles. The third-order valence-electron chi connectivity index (χ3n) is 7.43. The van der Waals surface area contributed by atoms with Crippen molar-refractivity contribution < 1.29 is 14.3 Å². The number of hydrogen-bond donors (Lipinski definition) is 1. The van der Waals surface area contributed by atoms with Crippen LogP contribution in [-0.4, -0.2) is 83.4 Å². The Labute approximate surface area is 224 Å². The van der Waals surface area contributed by atoms with E-state index in [1.807, 2.05) is 35.2 Å². The summed E-state index contributed by atoms with van der Waals surface area (Å²) in [6.45, 7) is 4.74. The minimum Gasteiger partial charge on any atom is -0.497 e. The van der Waals surface area contributed by atoms with Crippen LogP contribution in [0, 0.1) is 0 Å². The Kier molecular flexibility index (Phi) is 8.31. The summed E-state index contributed by atoms with van der Waals surface area (Å²) in [5.74, 6) is 0.705. The largest absolute Gasteiger partial charge is 0.497 e. The standard InChI is InChI=1S/C30H35N5O3/c1-38-27-11-5-9-24(17-27)21-34(20-23-7-3-2-4-8-23)26-18-28(30(37)33-15-13-31-14-16-33)35(22-26)29(36)25-10-6-12-32-19-25/h2-12,17,19,26,28,31H,13-16,18,20-22H2,1H3. The molecule has 2 aliphatic rings. The van der Waals surface area contributed by atoms with E-state index in [2.05, 4.69) is 39.5 Å². The fourth-order valence-corrected chi connectivity index (χ4v) is 5.43. The molecule has 5 rings (SSSR count). The Morgan fingerprint density at radius 1 is 1.00 bits per heavy atom. The molecule has 38 heavy (non-hydrogen) atoms. The zero-order valence-electron chi connectivity index (χ0n) is 21.8. The Hall–Kier alpha value is -3.75. The van der Waals surface area contributed by atoms with Crippen molar-refractivity contribution in [1.29, 1.82) is 0 Å². The van der Waals surface area contributed by atoms with E-state index in [1.54, 1.807) is 36.5 Å². The molecule has 2 atom stereocenters. The summed E-state index contributed by atoms with van der Waals surface area (Å²) in [7, 11) is 1.67. The number of carbonyl (C=O) groups excluding carboxylic acids is 2. The van der Waals surface area contributed by atoms with Crippen LogP contribution in [0.4, 0.5) is 0 Å². The van der Waals surface area contributed by atoms with Crippen molar-refractivity contribution in [3.05, 3.63) is 95.8 Å². The highest BCUT2D eigenvalue weighted by Crippen LogP contribution is 2.29. The maximum Gasteiger partial charge on any atom is 0.256 e. The van der Waals surface area contributed by atoms with Gasteiger partial charge in [-0.1, -0.05) is 42.5 Å². The molecule has 3 aromatic rings. The lowest BCUT2D eigenvalue weighted by molar-refractivity contribution is -0.135. The summed E-state index contributed by atoms with van der Waals surface area (Å²) in [6, 6.07) is 21.5. The number of likely N-dealkylation sites (tertiary alicyclic amines) is 1. The number of aromatic nitrogens is 1. The Morgan fingerprint density at radius 2 is 1.76 bits per heavy atom. The van der Waals surface area contributed by atoms with Crippen LogP contribution in [0.15, 0.2) is 79.1 Å². The number of amides is 2. The van der Waals surface area contributed by atoms with E-state index in [9.17, 15) is 9.59 Å². The van der Waals surface area contributed by atoms with Gasteiger partial charge in [0.1, 0.15) is 11.8 Å². The third-order valence-corrected chi connectivity index (χ3v) is 7.43. The number of benzene rings is 2. The second-order valence-corrected chi connectivity index (χ2v) is 9.92. The first kappa shape index (κ1) is 25.9. The quantitative estimate of drug-likeness (QED) is 0.499. The molecule has 8 heteroatoms. The van der Waals surface area contributed by atoms with Gasteiger partial charge in [-0.05, 0) is 41.8 Å². The van der Waals surface area contributed by atoms with Crippen LogP contribution in [0.1, 0.15) is 27.9 Å². The predicted octanol–water partition coefficient (Wildman–Crippen LogP) is 2.81. The highest BCUT2D eigenvalue weighted by atomic mass is 16.5. The first-order valence-corrected chi connectivity index (χ1v) is 13.2. The summed E-state index contributed by atoms with van der Waals surface area (Å²) < 4.78 is 5.46. The van der Waals surface area contributed by atoms with Gasteiger partial charge in [-0.15, -0.1) is 0 Å². The lowest BCUT2D eigenvalue weighted by atomic mass is 10.1. The molecule has 0 spiro atoms. The van der Waals surface area contributed by atoms with E-state index in [1.165, 1.54) is 5.56 Å². The molecule has 0 bridgehead atoms. The van der Waals surface area contributed by atoms with Crippen molar-refractivity contribution >= 4 is 11.8 Å². The van der Waals surface area contributed by atoms with Crippen LogP contribution in [0.25, 0.3) is 0 Å². The Morgan fingerprint density at radius 3 is 2.50 bits per heavy atom. The average Bonchev–Trinajstić information content (AvgIpc) is 3.43. The van der Waals surface area contributed by atoms with Gasteiger partial charge in [0.05, 0.1) is 12.7 Å². The lowest BCUT2D eigenvalue weighted by Crippen LogP contribution is -2.53. The molecule has 0 aliphatic carbocycles. The fourth-order valence-electron chi connectivity index (χ4n) is 5.43. The molecule has 198 valence electrons. The van der Waals surface area contributed by atoms with E-state index in [0.29, 0.717) is 44.7 Å². The number of hydrogen-bond acceptors (Lipinski definition) is 6. The molecule has 2 unspecified atom stereocenters. The number of ether oxygens (including phenoxy) is 1. The molecular weight excluding hydrogens is 478 g/mol. The number of carbonyl (C=O) groups is 2. The van der Waals surface area contributed by atoms with Crippen molar-refractivity contribution in [1.82, 2.24) is 25.0 Å². The van der Waals surface area contributed by atoms with Crippen molar-refractivity contribution in [3.63, 3.8) is 0 Å². The number of piperazine rings is 1. The van der Waals surface area contributed by atoms with Gasteiger partial charge in [-0.25, -0.2) is 0 Å². The highest BCUT2D eigenvalue weighted by Gasteiger charge is 2.43. The predicted molar refractivity (Wildman–Crippen MR) is 146 cm³/mol. The normalized spacial score (nSPS) is 19.5. The second kappa shape index (κ2) is 12.2. The first-order valence-electron chi connectivity index (χ1n) is 13.2. The van der Waals surface area contributed by atoms with E-state index in [0.717, 1.165) is 24.4 Å². The monoisotopic (exact) mass is 513 g/mol. The van der Waals surface area contributed by atoms with Crippen LogP contribution in [0.2, 0.25) is 0 Å². The summed E-state index contributed by atoms with van der Waals surface area (Å²) in [6.07, 6.45) is 3.83. The summed E-state index contributed by atoms with van der Waals surface area (Å²) >= 11 is 0. The minimum atomic E-state index is -0.505. The van der Waals surface area contributed by atoms with Gasteiger partial charge >= 0.3 is 0 Å². The first-order chi connectivity index (χ1) is 18.6. The van der Waals surface area contributed by atoms with Gasteiger partial charge in [-0.3, -0.25) is 19.5 Å². The molecule has 2 amide bonds. The minimum absolute atomic E-state index is 0.0129. The van der Waals surface area contributed by atoms with E-state index < -0.39 is 6.04 Å². The van der Waals surface area contributed by atoms with Crippen molar-refractivity contribution in [3.8, 4) is 5.75 Å². The lowest BCUT2D eigenvalue weighted by Gasteiger charge is -2.32. The Bertz CT molecular complexity index is 1220. The molecule has 2 saturated heterocycles. The van der Waals surface area contributed by atoms with Gasteiger partial charge in [0.25, 0.3) is 5.91 Å². The van der Waals surface area contributed by atoms with E-state index in [4.69, 9.17) is 4.74 Å². The number of nitrogens with one attached hydrogen (secondary N) is 1. The van der Waals surface area contributed by atoms with Gasteiger partial charge in [0, 0.05) is 64.2 Å². The van der Waals surface area contributed by atoms with Gasteiger partial charge < -0.3 is 19.9 Å². The Balaban J connectivity index is 1.44. The molecule has 0 radical (unpaired) electrons. The van der Waals surface area contributed by atoms with E-state index in [-0.39, 0.29) is 17.9 Å². The van der Waals surface area contributed by atoms with Crippen molar-refractivity contribution in [2.75, 3.05) is 39.8 Å². The molecule has 2 aromatic carbocycles.